The molecule has 0 aliphatic heterocycles. The van der Waals surface area contributed by atoms with E-state index in [0.717, 1.165) is 33.5 Å². The number of pyridine rings is 2. The molecule has 0 aliphatic rings. The van der Waals surface area contributed by atoms with Crippen LogP contribution in [0, 0.1) is 13.8 Å². The Hall–Kier alpha value is -2.36. The second-order valence-corrected chi connectivity index (χ2v) is 6.26. The lowest BCUT2D eigenvalue weighted by Gasteiger charge is -2.09. The molecule has 4 nitrogen and oxygen atoms in total. The lowest BCUT2D eigenvalue weighted by atomic mass is 10.0. The van der Waals surface area contributed by atoms with E-state index in [2.05, 4.69) is 35.7 Å². The van der Waals surface area contributed by atoms with Crippen molar-refractivity contribution in [1.82, 2.24) is 14.5 Å². The van der Waals surface area contributed by atoms with Gasteiger partial charge in [0.05, 0.1) is 22.3 Å². The molecule has 142 valence electrons. The van der Waals surface area contributed by atoms with Crippen LogP contribution in [-0.4, -0.2) is 14.5 Å². The zero-order valence-corrected chi connectivity index (χ0v) is 17.7. The molecule has 0 aliphatic carbocycles. The molecular weight excluding hydrogens is 322 g/mol. The highest BCUT2D eigenvalue weighted by Gasteiger charge is 2.14. The summed E-state index contributed by atoms with van der Waals surface area (Å²) in [6.07, 6.45) is 2.06. The van der Waals surface area contributed by atoms with Crippen LogP contribution in [0.5, 0.6) is 0 Å². The van der Waals surface area contributed by atoms with E-state index in [1.165, 1.54) is 0 Å². The van der Waals surface area contributed by atoms with Gasteiger partial charge in [-0.15, -0.1) is 0 Å². The number of H-pyrrole nitrogens is 1. The van der Waals surface area contributed by atoms with Crippen molar-refractivity contribution in [3.63, 3.8) is 0 Å². The molecule has 0 saturated heterocycles. The van der Waals surface area contributed by atoms with Crippen molar-refractivity contribution in [3.05, 3.63) is 51.6 Å². The molecule has 3 rings (SSSR count). The van der Waals surface area contributed by atoms with Crippen LogP contribution in [0.2, 0.25) is 0 Å². The summed E-state index contributed by atoms with van der Waals surface area (Å²) in [4.78, 5) is 20.2. The maximum atomic E-state index is 12.4. The maximum Gasteiger partial charge on any atom is 0.257 e. The zero-order valence-electron chi connectivity index (χ0n) is 17.7. The monoisotopic (exact) mass is 355 g/mol. The third-order valence-corrected chi connectivity index (χ3v) is 4.14. The molecular formula is C22H33N3O. The Kier molecular flexibility index (Phi) is 7.81. The van der Waals surface area contributed by atoms with Crippen LogP contribution in [0.25, 0.3) is 22.3 Å². The van der Waals surface area contributed by atoms with E-state index in [0.29, 0.717) is 11.5 Å². The van der Waals surface area contributed by atoms with Crippen molar-refractivity contribution in [3.8, 4) is 11.3 Å². The zero-order chi connectivity index (χ0) is 20.0. The van der Waals surface area contributed by atoms with E-state index in [-0.39, 0.29) is 5.56 Å². The molecule has 4 heteroatoms. The van der Waals surface area contributed by atoms with Crippen LogP contribution >= 0.6 is 0 Å². The first-order chi connectivity index (χ1) is 12.4. The van der Waals surface area contributed by atoms with Gasteiger partial charge in [-0.1, -0.05) is 41.5 Å². The van der Waals surface area contributed by atoms with Crippen molar-refractivity contribution >= 4 is 11.0 Å². The van der Waals surface area contributed by atoms with Crippen LogP contribution in [0.3, 0.4) is 0 Å². The second-order valence-electron chi connectivity index (χ2n) is 6.26. The van der Waals surface area contributed by atoms with Crippen molar-refractivity contribution < 1.29 is 0 Å². The number of fused-ring (bicyclic) bond motifs is 1. The fourth-order valence-corrected chi connectivity index (χ4v) is 2.86. The topological polar surface area (TPSA) is 50.7 Å². The second kappa shape index (κ2) is 9.37. The molecule has 0 unspecified atom stereocenters. The summed E-state index contributed by atoms with van der Waals surface area (Å²) in [5, 5.41) is 0. The number of nitrogens with zero attached hydrogens (tertiary/aromatic N) is 2. The number of nitrogens with one attached hydrogen (secondary N) is 1. The van der Waals surface area contributed by atoms with Gasteiger partial charge >= 0.3 is 0 Å². The number of rotatable bonds is 2. The summed E-state index contributed by atoms with van der Waals surface area (Å²) in [7, 11) is 2.01. The third kappa shape index (κ3) is 4.24. The molecule has 0 aromatic carbocycles. The van der Waals surface area contributed by atoms with Crippen LogP contribution in [0.15, 0.2) is 29.2 Å². The van der Waals surface area contributed by atoms with Gasteiger partial charge in [-0.3, -0.25) is 4.79 Å². The molecule has 3 aromatic heterocycles. The Bertz CT molecular complexity index is 917. The van der Waals surface area contributed by atoms with Gasteiger partial charge in [-0.2, -0.15) is 0 Å². The molecule has 0 radical (unpaired) electrons. The summed E-state index contributed by atoms with van der Waals surface area (Å²) in [5.74, 6) is 0.301. The normalized spacial score (nSPS) is 10.2. The Labute approximate surface area is 157 Å². The van der Waals surface area contributed by atoms with Crippen molar-refractivity contribution in [2.45, 2.75) is 61.3 Å². The van der Waals surface area contributed by atoms with Gasteiger partial charge in [0, 0.05) is 18.9 Å². The number of aromatic amines is 1. The number of hydrogen-bond donors (Lipinski definition) is 1. The van der Waals surface area contributed by atoms with E-state index in [9.17, 15) is 4.79 Å². The fourth-order valence-electron chi connectivity index (χ4n) is 2.86. The molecule has 26 heavy (non-hydrogen) atoms. The van der Waals surface area contributed by atoms with E-state index >= 15 is 0 Å². The van der Waals surface area contributed by atoms with Crippen LogP contribution in [0.4, 0.5) is 0 Å². The van der Waals surface area contributed by atoms with E-state index in [4.69, 9.17) is 4.98 Å². The van der Waals surface area contributed by atoms with Gasteiger partial charge in [0.1, 0.15) is 0 Å². The lowest BCUT2D eigenvalue weighted by Crippen LogP contribution is -2.13. The summed E-state index contributed by atoms with van der Waals surface area (Å²) < 4.78 is 2.07. The molecule has 0 bridgehead atoms. The van der Waals surface area contributed by atoms with Gasteiger partial charge < -0.3 is 9.55 Å². The first-order valence-electron chi connectivity index (χ1n) is 9.55. The van der Waals surface area contributed by atoms with Gasteiger partial charge in [-0.25, -0.2) is 4.98 Å². The van der Waals surface area contributed by atoms with E-state index in [1.807, 2.05) is 60.7 Å². The molecule has 0 fully saturated rings. The van der Waals surface area contributed by atoms with Crippen molar-refractivity contribution in [2.24, 2.45) is 7.05 Å². The fraction of sp³-hybridized carbons (Fsp3) is 0.455. The Morgan fingerprint density at radius 1 is 1.04 bits per heavy atom. The predicted octanol–water partition coefficient (Wildman–Crippen LogP) is 5.72. The van der Waals surface area contributed by atoms with Gasteiger partial charge in [0.25, 0.3) is 5.56 Å². The number of aromatic nitrogens is 3. The first kappa shape index (κ1) is 21.7. The minimum atomic E-state index is -0.0743. The van der Waals surface area contributed by atoms with Crippen LogP contribution < -0.4 is 5.56 Å². The third-order valence-electron chi connectivity index (χ3n) is 4.14. The Balaban J connectivity index is 0.000000791. The Morgan fingerprint density at radius 3 is 2.19 bits per heavy atom. The average Bonchev–Trinajstić information content (AvgIpc) is 2.91. The van der Waals surface area contributed by atoms with Crippen molar-refractivity contribution in [2.75, 3.05) is 0 Å². The molecule has 3 heterocycles. The highest BCUT2D eigenvalue weighted by molar-refractivity contribution is 5.83. The maximum absolute atomic E-state index is 12.4. The van der Waals surface area contributed by atoms with Crippen LogP contribution in [0.1, 0.15) is 64.3 Å². The predicted molar refractivity (Wildman–Crippen MR) is 113 cm³/mol. The lowest BCUT2D eigenvalue weighted by molar-refractivity contribution is 0.816. The highest BCUT2D eigenvalue weighted by atomic mass is 16.1. The Morgan fingerprint density at radius 2 is 1.65 bits per heavy atom. The summed E-state index contributed by atoms with van der Waals surface area (Å²) in [6.45, 7) is 16.2. The molecule has 0 spiro atoms. The van der Waals surface area contributed by atoms with Gasteiger partial charge in [0.2, 0.25) is 0 Å². The quantitative estimate of drug-likeness (QED) is 0.639. The van der Waals surface area contributed by atoms with E-state index in [1.54, 1.807) is 0 Å². The SMILES string of the molecule is CC.CC.Cc1cc2c(nc1-c1ccc(C(C)C)[nH]c1=O)c(C)cn2C. The average molecular weight is 356 g/mol. The molecule has 0 amide bonds. The highest BCUT2D eigenvalue weighted by Crippen LogP contribution is 2.26. The smallest absolute Gasteiger partial charge is 0.257 e. The molecule has 0 atom stereocenters. The standard InChI is InChI=1S/C18H21N3O.2C2H6/c1-10(2)14-7-6-13(18(22)19-14)16-11(3)8-15-17(20-16)12(4)9-21(15)5;2*1-2/h6-10H,1-5H3,(H,19,22);2*1-2H3. The van der Waals surface area contributed by atoms with Gasteiger partial charge in [0.15, 0.2) is 0 Å². The largest absolute Gasteiger partial charge is 0.349 e. The molecule has 3 aromatic rings. The summed E-state index contributed by atoms with van der Waals surface area (Å²) >= 11 is 0. The van der Waals surface area contributed by atoms with E-state index < -0.39 is 0 Å². The van der Waals surface area contributed by atoms with Gasteiger partial charge in [-0.05, 0) is 49.1 Å². The van der Waals surface area contributed by atoms with Crippen LogP contribution in [-0.2, 0) is 7.05 Å². The summed E-state index contributed by atoms with van der Waals surface area (Å²) in [6, 6.07) is 5.96. The first-order valence-corrected chi connectivity index (χ1v) is 9.55. The molecule has 0 saturated carbocycles. The number of hydrogen-bond acceptors (Lipinski definition) is 2. The molecule has 1 N–H and O–H groups in total. The summed E-state index contributed by atoms with van der Waals surface area (Å²) in [5.41, 5.74) is 6.44. The number of aryl methyl sites for hydroxylation is 3. The minimum Gasteiger partial charge on any atom is -0.349 e. The van der Waals surface area contributed by atoms with Crippen molar-refractivity contribution in [1.29, 1.82) is 0 Å². The minimum absolute atomic E-state index is 0.0743.